The first-order valence-corrected chi connectivity index (χ1v) is 5.34. The van der Waals surface area contributed by atoms with Crippen molar-refractivity contribution in [3.63, 3.8) is 0 Å². The molecule has 0 aromatic carbocycles. The summed E-state index contributed by atoms with van der Waals surface area (Å²) in [5.41, 5.74) is 0.442. The van der Waals surface area contributed by atoms with Crippen LogP contribution in [-0.2, 0) is 0 Å². The maximum Gasteiger partial charge on any atom is 0.0116 e. The van der Waals surface area contributed by atoms with E-state index in [1.165, 1.54) is 38.6 Å². The Bertz CT molecular complexity index is 115. The Hall–Kier alpha value is -0.0400. The molecule has 1 N–H and O–H groups in total. The molecule has 1 unspecified atom stereocenters. The van der Waals surface area contributed by atoms with Crippen molar-refractivity contribution in [3.8, 4) is 0 Å². The largest absolute Gasteiger partial charge is 0.313 e. The fourth-order valence-electron chi connectivity index (χ4n) is 1.94. The van der Waals surface area contributed by atoms with Crippen LogP contribution in [0.2, 0.25) is 0 Å². The summed E-state index contributed by atoms with van der Waals surface area (Å²) in [5.74, 6) is 0. The van der Waals surface area contributed by atoms with Crippen LogP contribution in [0.5, 0.6) is 0 Å². The zero-order valence-electron chi connectivity index (χ0n) is 8.82. The van der Waals surface area contributed by atoms with Crippen molar-refractivity contribution < 1.29 is 0 Å². The minimum atomic E-state index is 0.442. The molecule has 1 heterocycles. The first-order valence-electron chi connectivity index (χ1n) is 5.34. The molecule has 1 aliphatic heterocycles. The molecule has 0 spiro atoms. The second-order valence-electron chi connectivity index (χ2n) is 5.08. The van der Waals surface area contributed by atoms with Crippen molar-refractivity contribution in [2.75, 3.05) is 6.54 Å². The second-order valence-corrected chi connectivity index (χ2v) is 5.08. The van der Waals surface area contributed by atoms with E-state index in [4.69, 9.17) is 0 Å². The van der Waals surface area contributed by atoms with Crippen LogP contribution in [0.4, 0.5) is 0 Å². The molecule has 0 aromatic rings. The van der Waals surface area contributed by atoms with Crippen molar-refractivity contribution in [2.24, 2.45) is 5.41 Å². The third-order valence-corrected chi connectivity index (χ3v) is 2.86. The summed E-state index contributed by atoms with van der Waals surface area (Å²) in [6.07, 6.45) is 7.00. The topological polar surface area (TPSA) is 12.0 Å². The Kier molecular flexibility index (Phi) is 3.57. The van der Waals surface area contributed by atoms with Crippen molar-refractivity contribution in [1.29, 1.82) is 0 Å². The van der Waals surface area contributed by atoms with Gasteiger partial charge in [0.1, 0.15) is 0 Å². The minimum Gasteiger partial charge on any atom is -0.313 e. The van der Waals surface area contributed by atoms with E-state index in [-0.39, 0.29) is 0 Å². The quantitative estimate of drug-likeness (QED) is 0.588. The maximum absolute atomic E-state index is 3.66. The third kappa shape index (κ3) is 3.14. The van der Waals surface area contributed by atoms with Crippen molar-refractivity contribution in [3.05, 3.63) is 0 Å². The smallest absolute Gasteiger partial charge is 0.0116 e. The molecule has 1 heteroatoms. The maximum atomic E-state index is 3.66. The molecule has 0 radical (unpaired) electrons. The highest BCUT2D eigenvalue weighted by Gasteiger charge is 2.23. The zero-order valence-corrected chi connectivity index (χ0v) is 8.82. The minimum absolute atomic E-state index is 0.442. The Morgan fingerprint density at radius 2 is 1.67 bits per heavy atom. The number of nitrogens with one attached hydrogen (secondary N) is 1. The summed E-state index contributed by atoms with van der Waals surface area (Å²) in [5, 5.41) is 3.66. The van der Waals surface area contributed by atoms with Crippen LogP contribution in [0.15, 0.2) is 0 Å². The average molecular weight is 169 g/mol. The van der Waals surface area contributed by atoms with Crippen molar-refractivity contribution in [1.82, 2.24) is 5.32 Å². The molecule has 12 heavy (non-hydrogen) atoms. The molecule has 0 bridgehead atoms. The third-order valence-electron chi connectivity index (χ3n) is 2.86. The van der Waals surface area contributed by atoms with Gasteiger partial charge in [-0.2, -0.15) is 0 Å². The van der Waals surface area contributed by atoms with Crippen LogP contribution in [0.3, 0.4) is 0 Å². The lowest BCUT2D eigenvalue weighted by molar-refractivity contribution is 0.239. The van der Waals surface area contributed by atoms with Gasteiger partial charge in [-0.05, 0) is 24.8 Å². The summed E-state index contributed by atoms with van der Waals surface area (Å²) in [6, 6.07) is 0.734. The summed E-state index contributed by atoms with van der Waals surface area (Å²) in [6.45, 7) is 8.24. The Balaban J connectivity index is 2.40. The standard InChI is InChI=1S/C11H23N/c1-11(2,3)10-8-6-4-5-7-9-12-10/h10,12H,4-9H2,1-3H3. The zero-order chi connectivity index (χ0) is 9.03. The lowest BCUT2D eigenvalue weighted by atomic mass is 9.83. The van der Waals surface area contributed by atoms with Gasteiger partial charge in [0.25, 0.3) is 0 Å². The van der Waals surface area contributed by atoms with Crippen LogP contribution in [0.1, 0.15) is 52.9 Å². The highest BCUT2D eigenvalue weighted by atomic mass is 14.9. The predicted octanol–water partition coefficient (Wildman–Crippen LogP) is 2.95. The molecule has 0 saturated carbocycles. The van der Waals surface area contributed by atoms with Gasteiger partial charge in [0.2, 0.25) is 0 Å². The number of hydrogen-bond acceptors (Lipinski definition) is 1. The van der Waals surface area contributed by atoms with E-state index in [9.17, 15) is 0 Å². The lowest BCUT2D eigenvalue weighted by Crippen LogP contribution is -2.41. The van der Waals surface area contributed by atoms with Gasteiger partial charge in [-0.1, -0.05) is 40.0 Å². The molecular weight excluding hydrogens is 146 g/mol. The molecule has 0 aliphatic carbocycles. The van der Waals surface area contributed by atoms with Gasteiger partial charge in [0.15, 0.2) is 0 Å². The number of rotatable bonds is 0. The highest BCUT2D eigenvalue weighted by Crippen LogP contribution is 2.24. The molecule has 1 fully saturated rings. The highest BCUT2D eigenvalue weighted by molar-refractivity contribution is 4.81. The summed E-state index contributed by atoms with van der Waals surface area (Å²) in [7, 11) is 0. The van der Waals surface area contributed by atoms with E-state index in [0.29, 0.717) is 5.41 Å². The fourth-order valence-corrected chi connectivity index (χ4v) is 1.94. The van der Waals surface area contributed by atoms with Gasteiger partial charge in [-0.25, -0.2) is 0 Å². The summed E-state index contributed by atoms with van der Waals surface area (Å²) in [4.78, 5) is 0. The van der Waals surface area contributed by atoms with Crippen LogP contribution in [0, 0.1) is 5.41 Å². The first kappa shape index (κ1) is 10.0. The van der Waals surface area contributed by atoms with E-state index in [2.05, 4.69) is 26.1 Å². The average Bonchev–Trinajstić information content (AvgIpc) is 1.81. The normalized spacial score (nSPS) is 27.8. The predicted molar refractivity (Wildman–Crippen MR) is 54.3 cm³/mol. The molecule has 1 rings (SSSR count). The van der Waals surface area contributed by atoms with E-state index in [1.54, 1.807) is 0 Å². The van der Waals surface area contributed by atoms with Gasteiger partial charge < -0.3 is 5.32 Å². The number of hydrogen-bond donors (Lipinski definition) is 1. The van der Waals surface area contributed by atoms with E-state index >= 15 is 0 Å². The van der Waals surface area contributed by atoms with Gasteiger partial charge in [-0.3, -0.25) is 0 Å². The summed E-state index contributed by atoms with van der Waals surface area (Å²) >= 11 is 0. The molecule has 0 amide bonds. The van der Waals surface area contributed by atoms with Gasteiger partial charge in [-0.15, -0.1) is 0 Å². The molecule has 72 valence electrons. The van der Waals surface area contributed by atoms with Crippen LogP contribution in [0.25, 0.3) is 0 Å². The molecule has 1 aliphatic rings. The Labute approximate surface area is 76.9 Å². The van der Waals surface area contributed by atoms with Crippen LogP contribution in [-0.4, -0.2) is 12.6 Å². The fraction of sp³-hybridized carbons (Fsp3) is 1.00. The molecule has 1 nitrogen and oxygen atoms in total. The van der Waals surface area contributed by atoms with Crippen molar-refractivity contribution in [2.45, 2.75) is 58.9 Å². The SMILES string of the molecule is CC(C)(C)C1CCCCCCN1. The van der Waals surface area contributed by atoms with Crippen molar-refractivity contribution >= 4 is 0 Å². The van der Waals surface area contributed by atoms with Crippen LogP contribution >= 0.6 is 0 Å². The van der Waals surface area contributed by atoms with Gasteiger partial charge >= 0.3 is 0 Å². The van der Waals surface area contributed by atoms with Gasteiger partial charge in [0.05, 0.1) is 0 Å². The summed E-state index contributed by atoms with van der Waals surface area (Å²) < 4.78 is 0. The van der Waals surface area contributed by atoms with E-state index < -0.39 is 0 Å². The molecular formula is C11H23N. The lowest BCUT2D eigenvalue weighted by Gasteiger charge is -2.33. The molecule has 1 saturated heterocycles. The van der Waals surface area contributed by atoms with E-state index in [0.717, 1.165) is 6.04 Å². The van der Waals surface area contributed by atoms with Gasteiger partial charge in [0, 0.05) is 6.04 Å². The molecule has 1 atom stereocenters. The Morgan fingerprint density at radius 3 is 2.33 bits per heavy atom. The molecule has 0 aromatic heterocycles. The second kappa shape index (κ2) is 4.27. The first-order chi connectivity index (χ1) is 5.61. The Morgan fingerprint density at radius 1 is 1.00 bits per heavy atom. The van der Waals surface area contributed by atoms with E-state index in [1.807, 2.05) is 0 Å². The van der Waals surface area contributed by atoms with Crippen LogP contribution < -0.4 is 5.32 Å². The monoisotopic (exact) mass is 169 g/mol.